The number of rotatable bonds is 14. The van der Waals surface area contributed by atoms with Crippen LogP contribution >= 0.6 is 0 Å². The molecule has 0 saturated heterocycles. The summed E-state index contributed by atoms with van der Waals surface area (Å²) >= 11 is 0. The number of hydrogen-bond donors (Lipinski definition) is 0. The Morgan fingerprint density at radius 1 is 0.762 bits per heavy atom. The van der Waals surface area contributed by atoms with Crippen LogP contribution in [0.4, 0.5) is 0 Å². The first-order valence-electron chi connectivity index (χ1n) is 8.68. The van der Waals surface area contributed by atoms with Crippen molar-refractivity contribution in [2.24, 2.45) is 0 Å². The van der Waals surface area contributed by atoms with Gasteiger partial charge in [0.1, 0.15) is 0 Å². The molecule has 0 rings (SSSR count). The predicted octanol–water partition coefficient (Wildman–Crippen LogP) is 5.97. The zero-order valence-electron chi connectivity index (χ0n) is 14.1. The third-order valence-electron chi connectivity index (χ3n) is 3.55. The van der Waals surface area contributed by atoms with E-state index in [9.17, 15) is 4.79 Å². The fraction of sp³-hybridized carbons (Fsp3) is 0.737. The minimum atomic E-state index is -0.130. The molecule has 0 N–H and O–H groups in total. The molecule has 0 radical (unpaired) electrons. The van der Waals surface area contributed by atoms with Gasteiger partial charge in [-0.1, -0.05) is 69.8 Å². The molecule has 0 aromatic rings. The van der Waals surface area contributed by atoms with Crippen molar-refractivity contribution in [3.63, 3.8) is 0 Å². The van der Waals surface area contributed by atoms with Gasteiger partial charge in [-0.25, -0.2) is 0 Å². The van der Waals surface area contributed by atoms with Crippen LogP contribution in [0.2, 0.25) is 0 Å². The number of ether oxygens (including phenoxy) is 1. The summed E-state index contributed by atoms with van der Waals surface area (Å²) in [5.74, 6) is -0.130. The predicted molar refractivity (Wildman–Crippen MR) is 91.4 cm³/mol. The fourth-order valence-electron chi connectivity index (χ4n) is 2.19. The molecule has 0 fully saturated rings. The lowest BCUT2D eigenvalue weighted by Gasteiger charge is -1.98. The number of carbonyl (C=O) groups is 1. The highest BCUT2D eigenvalue weighted by atomic mass is 16.5. The van der Waals surface area contributed by atoms with E-state index in [0.29, 0.717) is 6.42 Å². The molecule has 2 nitrogen and oxygen atoms in total. The Bertz CT molecular complexity index is 279. The molecule has 0 bridgehead atoms. The molecule has 122 valence electrons. The van der Waals surface area contributed by atoms with Crippen molar-refractivity contribution in [3.05, 3.63) is 24.3 Å². The van der Waals surface area contributed by atoms with Crippen LogP contribution in [0.1, 0.15) is 84.0 Å². The van der Waals surface area contributed by atoms with Crippen molar-refractivity contribution in [2.45, 2.75) is 84.0 Å². The summed E-state index contributed by atoms with van der Waals surface area (Å²) in [6.07, 6.45) is 23.1. The van der Waals surface area contributed by atoms with E-state index in [0.717, 1.165) is 19.3 Å². The second-order valence-corrected chi connectivity index (χ2v) is 5.54. The van der Waals surface area contributed by atoms with E-state index in [1.54, 1.807) is 0 Å². The van der Waals surface area contributed by atoms with Crippen molar-refractivity contribution in [3.8, 4) is 0 Å². The van der Waals surface area contributed by atoms with Gasteiger partial charge in [0.2, 0.25) is 0 Å². The maximum absolute atomic E-state index is 10.9. The highest BCUT2D eigenvalue weighted by Gasteiger charge is 1.95. The Morgan fingerprint density at radius 2 is 1.29 bits per heavy atom. The first-order valence-corrected chi connectivity index (χ1v) is 8.68. The molecule has 0 aromatic heterocycles. The van der Waals surface area contributed by atoms with Crippen LogP contribution in [0.15, 0.2) is 24.3 Å². The molecule has 0 unspecified atom stereocenters. The maximum atomic E-state index is 10.9. The number of unbranched alkanes of at least 4 members (excludes halogenated alkanes) is 8. The van der Waals surface area contributed by atoms with E-state index in [-0.39, 0.29) is 5.97 Å². The lowest BCUT2D eigenvalue weighted by molar-refractivity contribution is -0.140. The average Bonchev–Trinajstić information content (AvgIpc) is 2.50. The highest BCUT2D eigenvalue weighted by molar-refractivity contribution is 5.69. The number of carbonyl (C=O) groups excluding carboxylic acids is 1. The second kappa shape index (κ2) is 17.0. The monoisotopic (exact) mass is 294 g/mol. The Balaban J connectivity index is 3.22. The Labute approximate surface area is 131 Å². The first-order chi connectivity index (χ1) is 10.3. The third kappa shape index (κ3) is 16.9. The largest absolute Gasteiger partial charge is 0.469 e. The van der Waals surface area contributed by atoms with Gasteiger partial charge < -0.3 is 4.74 Å². The van der Waals surface area contributed by atoms with Crippen molar-refractivity contribution >= 4 is 5.97 Å². The summed E-state index contributed by atoms with van der Waals surface area (Å²) in [7, 11) is 1.43. The Hall–Kier alpha value is -1.05. The molecular formula is C19H34O2. The lowest BCUT2D eigenvalue weighted by atomic mass is 10.1. The standard InChI is InChI=1S/C19H34O2/c1-3-4-5-6-7-8-9-10-11-12-13-14-15-16-17-18-19(20)21-2/h11-12,15-16H,3-10,13-14,17-18H2,1-2H3/b12-11+,16-15+. The topological polar surface area (TPSA) is 26.3 Å². The maximum Gasteiger partial charge on any atom is 0.305 e. The van der Waals surface area contributed by atoms with E-state index in [2.05, 4.69) is 36.0 Å². The lowest BCUT2D eigenvalue weighted by Crippen LogP contribution is -1.97. The minimum absolute atomic E-state index is 0.130. The number of allylic oxidation sites excluding steroid dienone is 4. The van der Waals surface area contributed by atoms with Gasteiger partial charge in [0, 0.05) is 6.42 Å². The van der Waals surface area contributed by atoms with Crippen LogP contribution in [0, 0.1) is 0 Å². The van der Waals surface area contributed by atoms with Crippen molar-refractivity contribution < 1.29 is 9.53 Å². The van der Waals surface area contributed by atoms with Crippen LogP contribution in [-0.2, 0) is 9.53 Å². The Morgan fingerprint density at radius 3 is 1.90 bits per heavy atom. The van der Waals surface area contributed by atoms with E-state index in [4.69, 9.17) is 0 Å². The molecule has 0 aliphatic carbocycles. The number of hydrogen-bond acceptors (Lipinski definition) is 2. The molecule has 0 saturated carbocycles. The van der Waals surface area contributed by atoms with Crippen molar-refractivity contribution in [2.75, 3.05) is 7.11 Å². The average molecular weight is 294 g/mol. The molecule has 0 aliphatic rings. The quantitative estimate of drug-likeness (QED) is 0.224. The summed E-state index contributed by atoms with van der Waals surface area (Å²) in [5, 5.41) is 0. The van der Waals surface area contributed by atoms with Gasteiger partial charge in [-0.3, -0.25) is 4.79 Å². The molecule has 0 aliphatic heterocycles. The van der Waals surface area contributed by atoms with Crippen LogP contribution in [0.5, 0.6) is 0 Å². The summed E-state index contributed by atoms with van der Waals surface area (Å²) in [6, 6.07) is 0. The molecule has 21 heavy (non-hydrogen) atoms. The molecule has 0 atom stereocenters. The zero-order chi connectivity index (χ0) is 15.6. The van der Waals surface area contributed by atoms with E-state index in [1.807, 2.05) is 0 Å². The van der Waals surface area contributed by atoms with Gasteiger partial charge in [0.15, 0.2) is 0 Å². The molecular weight excluding hydrogens is 260 g/mol. The summed E-state index contributed by atoms with van der Waals surface area (Å²) in [5.41, 5.74) is 0. The van der Waals surface area contributed by atoms with Gasteiger partial charge in [0.05, 0.1) is 7.11 Å². The molecule has 0 amide bonds. The molecule has 0 spiro atoms. The highest BCUT2D eigenvalue weighted by Crippen LogP contribution is 2.09. The second-order valence-electron chi connectivity index (χ2n) is 5.54. The number of esters is 1. The molecule has 2 heteroatoms. The van der Waals surface area contributed by atoms with E-state index < -0.39 is 0 Å². The van der Waals surface area contributed by atoms with Gasteiger partial charge in [-0.2, -0.15) is 0 Å². The van der Waals surface area contributed by atoms with Crippen LogP contribution in [0.3, 0.4) is 0 Å². The zero-order valence-corrected chi connectivity index (χ0v) is 14.1. The van der Waals surface area contributed by atoms with E-state index >= 15 is 0 Å². The summed E-state index contributed by atoms with van der Waals surface area (Å²) in [6.45, 7) is 2.26. The van der Waals surface area contributed by atoms with Crippen LogP contribution < -0.4 is 0 Å². The Kier molecular flexibility index (Phi) is 16.2. The third-order valence-corrected chi connectivity index (χ3v) is 3.55. The number of methoxy groups -OCH3 is 1. The van der Waals surface area contributed by atoms with Gasteiger partial charge >= 0.3 is 5.97 Å². The van der Waals surface area contributed by atoms with Crippen LogP contribution in [0.25, 0.3) is 0 Å². The van der Waals surface area contributed by atoms with Crippen molar-refractivity contribution in [1.29, 1.82) is 0 Å². The van der Waals surface area contributed by atoms with Gasteiger partial charge in [-0.15, -0.1) is 0 Å². The van der Waals surface area contributed by atoms with E-state index in [1.165, 1.54) is 58.5 Å². The summed E-state index contributed by atoms with van der Waals surface area (Å²) < 4.78 is 4.59. The SMILES string of the molecule is CCCCCCCCC/C=C/CC/C=C/CCC(=O)OC. The van der Waals surface area contributed by atoms with Crippen molar-refractivity contribution in [1.82, 2.24) is 0 Å². The van der Waals surface area contributed by atoms with Crippen LogP contribution in [-0.4, -0.2) is 13.1 Å². The first kappa shape index (κ1) is 19.9. The van der Waals surface area contributed by atoms with Gasteiger partial charge in [-0.05, 0) is 32.1 Å². The smallest absolute Gasteiger partial charge is 0.305 e. The fourth-order valence-corrected chi connectivity index (χ4v) is 2.19. The minimum Gasteiger partial charge on any atom is -0.469 e. The normalized spacial score (nSPS) is 11.5. The summed E-state index contributed by atoms with van der Waals surface area (Å²) in [4.78, 5) is 10.9. The molecule has 0 aromatic carbocycles. The van der Waals surface area contributed by atoms with Gasteiger partial charge in [0.25, 0.3) is 0 Å². The molecule has 0 heterocycles.